The number of nitrogens with zero attached hydrogens (tertiary/aromatic N) is 2. The summed E-state index contributed by atoms with van der Waals surface area (Å²) in [4.78, 5) is 18.4. The molecule has 2 heterocycles. The molecule has 8 heteroatoms. The predicted octanol–water partition coefficient (Wildman–Crippen LogP) is 3.38. The summed E-state index contributed by atoms with van der Waals surface area (Å²) in [6.07, 6.45) is -0.813. The standard InChI is InChI=1S/C17H21F2N3OS2/c18-15(19)9-22-7-5-12(6-8-22)20-16(23)10-24-11-17-21-13-3-1-2-4-14(13)25-17/h1-4,12,15H,5-11H2,(H,20,23). The first-order valence-corrected chi connectivity index (χ1v) is 10.3. The number of aromatic nitrogens is 1. The van der Waals surface area contributed by atoms with Crippen LogP contribution in [0.3, 0.4) is 0 Å². The Bertz CT molecular complexity index is 669. The molecule has 25 heavy (non-hydrogen) atoms. The van der Waals surface area contributed by atoms with Crippen molar-refractivity contribution < 1.29 is 13.6 Å². The fourth-order valence-electron chi connectivity index (χ4n) is 2.94. The molecule has 1 aliphatic rings. The summed E-state index contributed by atoms with van der Waals surface area (Å²) >= 11 is 3.21. The number of amides is 1. The molecule has 1 fully saturated rings. The SMILES string of the molecule is O=C(CSCc1nc2ccccc2s1)NC1CCN(CC(F)F)CC1. The smallest absolute Gasteiger partial charge is 0.251 e. The zero-order chi connectivity index (χ0) is 17.6. The summed E-state index contributed by atoms with van der Waals surface area (Å²) in [5.74, 6) is 1.13. The first-order chi connectivity index (χ1) is 12.1. The number of nitrogens with one attached hydrogen (secondary N) is 1. The number of rotatable bonds is 7. The highest BCUT2D eigenvalue weighted by Gasteiger charge is 2.22. The molecule has 0 aliphatic carbocycles. The molecule has 0 bridgehead atoms. The minimum atomic E-state index is -2.29. The number of alkyl halides is 2. The fraction of sp³-hybridized carbons (Fsp3) is 0.529. The molecule has 3 rings (SSSR count). The van der Waals surface area contributed by atoms with E-state index in [9.17, 15) is 13.6 Å². The number of fused-ring (bicyclic) bond motifs is 1. The number of piperidine rings is 1. The van der Waals surface area contributed by atoms with Crippen LogP contribution in [0.25, 0.3) is 10.2 Å². The molecule has 0 saturated carbocycles. The van der Waals surface area contributed by atoms with Gasteiger partial charge in [-0.25, -0.2) is 13.8 Å². The molecule has 2 aromatic rings. The second kappa shape index (κ2) is 8.91. The number of benzene rings is 1. The largest absolute Gasteiger partial charge is 0.353 e. The van der Waals surface area contributed by atoms with E-state index in [1.807, 2.05) is 24.3 Å². The number of hydrogen-bond donors (Lipinski definition) is 1. The number of para-hydroxylation sites is 1. The third kappa shape index (κ3) is 5.62. The van der Waals surface area contributed by atoms with Gasteiger partial charge in [0.25, 0.3) is 6.43 Å². The van der Waals surface area contributed by atoms with Crippen LogP contribution in [0, 0.1) is 0 Å². The van der Waals surface area contributed by atoms with E-state index in [1.165, 1.54) is 0 Å². The van der Waals surface area contributed by atoms with Crippen LogP contribution in [-0.4, -0.2) is 53.6 Å². The molecule has 1 saturated heterocycles. The van der Waals surface area contributed by atoms with E-state index in [0.717, 1.165) is 33.8 Å². The number of carbonyl (C=O) groups is 1. The van der Waals surface area contributed by atoms with Crippen molar-refractivity contribution in [3.8, 4) is 0 Å². The van der Waals surface area contributed by atoms with Gasteiger partial charge in [0.1, 0.15) is 5.01 Å². The van der Waals surface area contributed by atoms with Gasteiger partial charge in [0.2, 0.25) is 5.91 Å². The van der Waals surface area contributed by atoms with E-state index in [0.29, 0.717) is 18.8 Å². The molecule has 4 nitrogen and oxygen atoms in total. The number of thioether (sulfide) groups is 1. The van der Waals surface area contributed by atoms with Gasteiger partial charge in [-0.05, 0) is 25.0 Å². The van der Waals surface area contributed by atoms with Gasteiger partial charge in [-0.1, -0.05) is 12.1 Å². The maximum atomic E-state index is 12.4. The summed E-state index contributed by atoms with van der Waals surface area (Å²) in [6, 6.07) is 8.11. The Balaban J connectivity index is 1.36. The van der Waals surface area contributed by atoms with E-state index < -0.39 is 6.43 Å². The third-order valence-electron chi connectivity index (χ3n) is 4.15. The van der Waals surface area contributed by atoms with Crippen molar-refractivity contribution in [2.75, 3.05) is 25.4 Å². The van der Waals surface area contributed by atoms with E-state index in [1.54, 1.807) is 28.0 Å². The number of carbonyl (C=O) groups excluding carboxylic acids is 1. The van der Waals surface area contributed by atoms with Crippen LogP contribution in [0.15, 0.2) is 24.3 Å². The summed E-state index contributed by atoms with van der Waals surface area (Å²) in [5, 5.41) is 4.04. The zero-order valence-electron chi connectivity index (χ0n) is 13.8. The Kier molecular flexibility index (Phi) is 6.61. The molecular formula is C17H21F2N3OS2. The predicted molar refractivity (Wildman–Crippen MR) is 99.4 cm³/mol. The van der Waals surface area contributed by atoms with Crippen LogP contribution in [0.1, 0.15) is 17.8 Å². The van der Waals surface area contributed by atoms with E-state index in [4.69, 9.17) is 0 Å². The highest BCUT2D eigenvalue weighted by Crippen LogP contribution is 2.24. The van der Waals surface area contributed by atoms with Gasteiger partial charge in [-0.2, -0.15) is 0 Å². The minimum Gasteiger partial charge on any atom is -0.353 e. The van der Waals surface area contributed by atoms with Gasteiger partial charge < -0.3 is 5.32 Å². The van der Waals surface area contributed by atoms with Crippen molar-refractivity contribution >= 4 is 39.2 Å². The van der Waals surface area contributed by atoms with Crippen LogP contribution < -0.4 is 5.32 Å². The molecule has 0 unspecified atom stereocenters. The second-order valence-corrected chi connectivity index (χ2v) is 8.20. The van der Waals surface area contributed by atoms with Crippen LogP contribution in [0.4, 0.5) is 8.78 Å². The normalized spacial score (nSPS) is 16.6. The first kappa shape index (κ1) is 18.5. The van der Waals surface area contributed by atoms with Crippen LogP contribution in [0.5, 0.6) is 0 Å². The van der Waals surface area contributed by atoms with Crippen molar-refractivity contribution in [2.45, 2.75) is 31.1 Å². The Morgan fingerprint density at radius 2 is 2.12 bits per heavy atom. The molecule has 1 N–H and O–H groups in total. The summed E-state index contributed by atoms with van der Waals surface area (Å²) in [7, 11) is 0. The molecule has 1 amide bonds. The Labute approximate surface area is 154 Å². The molecule has 1 aliphatic heterocycles. The zero-order valence-corrected chi connectivity index (χ0v) is 15.4. The maximum Gasteiger partial charge on any atom is 0.251 e. The number of hydrogen-bond acceptors (Lipinski definition) is 5. The van der Waals surface area contributed by atoms with E-state index in [2.05, 4.69) is 10.3 Å². The highest BCUT2D eigenvalue weighted by molar-refractivity contribution is 7.99. The average molecular weight is 386 g/mol. The van der Waals surface area contributed by atoms with Crippen molar-refractivity contribution in [1.29, 1.82) is 0 Å². The number of likely N-dealkylation sites (tertiary alicyclic amines) is 1. The first-order valence-electron chi connectivity index (χ1n) is 8.32. The van der Waals surface area contributed by atoms with Gasteiger partial charge in [-0.3, -0.25) is 9.69 Å². The summed E-state index contributed by atoms with van der Waals surface area (Å²) in [6.45, 7) is 1.07. The Morgan fingerprint density at radius 3 is 2.84 bits per heavy atom. The Morgan fingerprint density at radius 1 is 1.36 bits per heavy atom. The summed E-state index contributed by atoms with van der Waals surface area (Å²) in [5.41, 5.74) is 1.00. The fourth-order valence-corrected chi connectivity index (χ4v) is 4.80. The lowest BCUT2D eigenvalue weighted by atomic mass is 10.1. The van der Waals surface area contributed by atoms with Crippen molar-refractivity contribution in [2.24, 2.45) is 0 Å². The van der Waals surface area contributed by atoms with Crippen LogP contribution >= 0.6 is 23.1 Å². The molecule has 1 aromatic carbocycles. The van der Waals surface area contributed by atoms with Gasteiger partial charge in [0.15, 0.2) is 0 Å². The molecule has 0 radical (unpaired) electrons. The maximum absolute atomic E-state index is 12.4. The molecule has 1 aromatic heterocycles. The van der Waals surface area contributed by atoms with E-state index in [-0.39, 0.29) is 18.5 Å². The quantitative estimate of drug-likeness (QED) is 0.794. The molecule has 0 spiro atoms. The lowest BCUT2D eigenvalue weighted by molar-refractivity contribution is -0.119. The van der Waals surface area contributed by atoms with Crippen LogP contribution in [0.2, 0.25) is 0 Å². The lowest BCUT2D eigenvalue weighted by Gasteiger charge is -2.32. The number of thiazole rings is 1. The van der Waals surface area contributed by atoms with Crippen molar-refractivity contribution in [3.05, 3.63) is 29.3 Å². The second-order valence-electron chi connectivity index (χ2n) is 6.10. The average Bonchev–Trinajstić information content (AvgIpc) is 2.99. The molecule has 136 valence electrons. The van der Waals surface area contributed by atoms with Crippen molar-refractivity contribution in [1.82, 2.24) is 15.2 Å². The van der Waals surface area contributed by atoms with Gasteiger partial charge in [0, 0.05) is 24.9 Å². The minimum absolute atomic E-state index is 0.0124. The van der Waals surface area contributed by atoms with Crippen LogP contribution in [-0.2, 0) is 10.5 Å². The topological polar surface area (TPSA) is 45.2 Å². The highest BCUT2D eigenvalue weighted by atomic mass is 32.2. The van der Waals surface area contributed by atoms with Gasteiger partial charge >= 0.3 is 0 Å². The van der Waals surface area contributed by atoms with E-state index >= 15 is 0 Å². The van der Waals surface area contributed by atoms with Gasteiger partial charge in [-0.15, -0.1) is 23.1 Å². The Hall–Kier alpha value is -1.25. The van der Waals surface area contributed by atoms with Gasteiger partial charge in [0.05, 0.1) is 22.5 Å². The van der Waals surface area contributed by atoms with Crippen molar-refractivity contribution in [3.63, 3.8) is 0 Å². The monoisotopic (exact) mass is 385 g/mol. The lowest BCUT2D eigenvalue weighted by Crippen LogP contribution is -2.46. The third-order valence-corrected chi connectivity index (χ3v) is 6.31. The number of halogens is 2. The molecular weight excluding hydrogens is 364 g/mol. The molecule has 0 atom stereocenters. The summed E-state index contributed by atoms with van der Waals surface area (Å²) < 4.78 is 25.9.